The highest BCUT2D eigenvalue weighted by atomic mass is 19.1. The van der Waals surface area contributed by atoms with E-state index in [0.717, 1.165) is 5.56 Å². The van der Waals surface area contributed by atoms with Gasteiger partial charge < -0.3 is 11.1 Å². The lowest BCUT2D eigenvalue weighted by molar-refractivity contribution is 0.630. The molecule has 0 aliphatic rings. The second-order valence-electron chi connectivity index (χ2n) is 4.06. The highest BCUT2D eigenvalue weighted by Gasteiger charge is 2.05. The number of nitrogen functional groups attached to an aromatic ring is 1. The van der Waals surface area contributed by atoms with Gasteiger partial charge in [0.2, 0.25) is 0 Å². The summed E-state index contributed by atoms with van der Waals surface area (Å²) in [6.07, 6.45) is 0.677. The first-order valence-electron chi connectivity index (χ1n) is 5.75. The zero-order chi connectivity index (χ0) is 13.1. The summed E-state index contributed by atoms with van der Waals surface area (Å²) in [5.41, 5.74) is 6.91. The van der Waals surface area contributed by atoms with Crippen LogP contribution in [0.25, 0.3) is 0 Å². The van der Waals surface area contributed by atoms with E-state index < -0.39 is 0 Å². The number of halogens is 1. The van der Waals surface area contributed by atoms with Gasteiger partial charge in [-0.25, -0.2) is 14.4 Å². The number of nitrogens with two attached hydrogens (primary N) is 1. The zero-order valence-electron chi connectivity index (χ0n) is 10.4. The van der Waals surface area contributed by atoms with E-state index in [-0.39, 0.29) is 5.82 Å². The van der Waals surface area contributed by atoms with Crippen molar-refractivity contribution in [2.24, 2.45) is 0 Å². The number of anilines is 3. The van der Waals surface area contributed by atoms with Crippen molar-refractivity contribution in [1.29, 1.82) is 0 Å². The first-order valence-corrected chi connectivity index (χ1v) is 5.75. The molecule has 0 bridgehead atoms. The molecule has 0 radical (unpaired) electrons. The summed E-state index contributed by atoms with van der Waals surface area (Å²) in [6, 6.07) is 6.55. The van der Waals surface area contributed by atoms with Crippen LogP contribution in [-0.2, 0) is 6.42 Å². The molecule has 1 aromatic carbocycles. The second-order valence-corrected chi connectivity index (χ2v) is 4.06. The molecule has 0 saturated carbocycles. The number of aryl methyl sites for hydroxylation is 2. The maximum atomic E-state index is 13.7. The van der Waals surface area contributed by atoms with Crippen LogP contribution in [-0.4, -0.2) is 9.97 Å². The summed E-state index contributed by atoms with van der Waals surface area (Å²) in [4.78, 5) is 8.31. The van der Waals surface area contributed by atoms with E-state index in [1.807, 2.05) is 19.9 Å². The molecule has 94 valence electrons. The van der Waals surface area contributed by atoms with Crippen LogP contribution in [0.2, 0.25) is 0 Å². The normalized spacial score (nSPS) is 10.4. The molecule has 0 aliphatic carbocycles. The third-order valence-electron chi connectivity index (χ3n) is 2.50. The Bertz CT molecular complexity index is 569. The van der Waals surface area contributed by atoms with Gasteiger partial charge in [0.15, 0.2) is 0 Å². The number of benzene rings is 1. The Balaban J connectivity index is 2.30. The fourth-order valence-corrected chi connectivity index (χ4v) is 1.60. The fraction of sp³-hybridized carbons (Fsp3) is 0.231. The Hall–Kier alpha value is -2.17. The predicted molar refractivity (Wildman–Crippen MR) is 70.2 cm³/mol. The Morgan fingerprint density at radius 3 is 2.72 bits per heavy atom. The summed E-state index contributed by atoms with van der Waals surface area (Å²) >= 11 is 0. The fourth-order valence-electron chi connectivity index (χ4n) is 1.60. The zero-order valence-corrected chi connectivity index (χ0v) is 10.4. The molecular weight excluding hydrogens is 231 g/mol. The molecular formula is C13H15FN4. The Morgan fingerprint density at radius 1 is 1.28 bits per heavy atom. The minimum atomic E-state index is -0.315. The third-order valence-corrected chi connectivity index (χ3v) is 2.50. The summed E-state index contributed by atoms with van der Waals surface area (Å²) in [7, 11) is 0. The van der Waals surface area contributed by atoms with E-state index in [1.165, 1.54) is 6.07 Å². The molecule has 1 heterocycles. The van der Waals surface area contributed by atoms with Crippen molar-refractivity contribution in [3.05, 3.63) is 41.5 Å². The Kier molecular flexibility index (Phi) is 3.41. The van der Waals surface area contributed by atoms with E-state index in [0.29, 0.717) is 29.6 Å². The minimum Gasteiger partial charge on any atom is -0.384 e. The van der Waals surface area contributed by atoms with Gasteiger partial charge in [-0.15, -0.1) is 0 Å². The van der Waals surface area contributed by atoms with Crippen molar-refractivity contribution in [2.45, 2.75) is 20.3 Å². The van der Waals surface area contributed by atoms with Crippen molar-refractivity contribution >= 4 is 17.3 Å². The number of hydrogen-bond donors (Lipinski definition) is 2. The number of nitrogens with one attached hydrogen (secondary N) is 1. The van der Waals surface area contributed by atoms with Crippen LogP contribution in [0.15, 0.2) is 24.3 Å². The monoisotopic (exact) mass is 246 g/mol. The molecule has 0 amide bonds. The van der Waals surface area contributed by atoms with Crippen LogP contribution in [0.3, 0.4) is 0 Å². The van der Waals surface area contributed by atoms with Crippen LogP contribution < -0.4 is 11.1 Å². The summed E-state index contributed by atoms with van der Waals surface area (Å²) < 4.78 is 13.7. The van der Waals surface area contributed by atoms with E-state index in [1.54, 1.807) is 12.1 Å². The first-order chi connectivity index (χ1) is 8.58. The number of aromatic nitrogens is 2. The average molecular weight is 246 g/mol. The Labute approximate surface area is 105 Å². The molecule has 2 aromatic rings. The maximum Gasteiger partial charge on any atom is 0.146 e. The van der Waals surface area contributed by atoms with E-state index in [2.05, 4.69) is 15.3 Å². The van der Waals surface area contributed by atoms with Gasteiger partial charge in [0, 0.05) is 12.5 Å². The quantitative estimate of drug-likeness (QED) is 0.874. The van der Waals surface area contributed by atoms with Crippen molar-refractivity contribution in [3.63, 3.8) is 0 Å². The third kappa shape index (κ3) is 2.74. The molecule has 0 unspecified atom stereocenters. The van der Waals surface area contributed by atoms with Gasteiger partial charge in [-0.3, -0.25) is 0 Å². The van der Waals surface area contributed by atoms with Crippen molar-refractivity contribution < 1.29 is 4.39 Å². The van der Waals surface area contributed by atoms with Crippen LogP contribution >= 0.6 is 0 Å². The van der Waals surface area contributed by atoms with Crippen LogP contribution in [0.4, 0.5) is 21.7 Å². The number of nitrogens with zero attached hydrogens (tertiary/aromatic N) is 2. The van der Waals surface area contributed by atoms with Gasteiger partial charge in [0.25, 0.3) is 0 Å². The highest BCUT2D eigenvalue weighted by Crippen LogP contribution is 2.20. The lowest BCUT2D eigenvalue weighted by Gasteiger charge is -2.09. The summed E-state index contributed by atoms with van der Waals surface area (Å²) in [6.45, 7) is 3.77. The lowest BCUT2D eigenvalue weighted by Crippen LogP contribution is -2.03. The van der Waals surface area contributed by atoms with Gasteiger partial charge in [0.1, 0.15) is 23.3 Å². The second kappa shape index (κ2) is 5.00. The topological polar surface area (TPSA) is 63.8 Å². The van der Waals surface area contributed by atoms with E-state index in [4.69, 9.17) is 5.73 Å². The van der Waals surface area contributed by atoms with E-state index >= 15 is 0 Å². The van der Waals surface area contributed by atoms with Crippen molar-refractivity contribution in [1.82, 2.24) is 9.97 Å². The van der Waals surface area contributed by atoms with Gasteiger partial charge in [-0.2, -0.15) is 0 Å². The van der Waals surface area contributed by atoms with Gasteiger partial charge in [-0.1, -0.05) is 13.0 Å². The summed E-state index contributed by atoms with van der Waals surface area (Å²) in [5.74, 6) is 1.19. The molecule has 2 rings (SSSR count). The van der Waals surface area contributed by atoms with Crippen LogP contribution in [0, 0.1) is 12.7 Å². The molecule has 0 aliphatic heterocycles. The van der Waals surface area contributed by atoms with Gasteiger partial charge >= 0.3 is 0 Å². The van der Waals surface area contributed by atoms with Gasteiger partial charge in [0.05, 0.1) is 5.69 Å². The predicted octanol–water partition coefficient (Wildman–Crippen LogP) is 2.81. The molecule has 4 nitrogen and oxygen atoms in total. The average Bonchev–Trinajstić information content (AvgIpc) is 2.32. The molecule has 1 aromatic heterocycles. The molecule has 0 saturated heterocycles. The number of hydrogen-bond acceptors (Lipinski definition) is 4. The smallest absolute Gasteiger partial charge is 0.146 e. The lowest BCUT2D eigenvalue weighted by atomic mass is 10.2. The molecule has 0 atom stereocenters. The molecule has 5 heteroatoms. The van der Waals surface area contributed by atoms with Crippen LogP contribution in [0.1, 0.15) is 18.3 Å². The highest BCUT2D eigenvalue weighted by molar-refractivity contribution is 5.59. The van der Waals surface area contributed by atoms with E-state index in [9.17, 15) is 4.39 Å². The maximum absolute atomic E-state index is 13.7. The Morgan fingerprint density at radius 2 is 2.06 bits per heavy atom. The number of rotatable bonds is 3. The largest absolute Gasteiger partial charge is 0.384 e. The minimum absolute atomic E-state index is 0.315. The summed E-state index contributed by atoms with van der Waals surface area (Å²) in [5, 5.41) is 2.91. The molecule has 0 fully saturated rings. The standard InChI is InChI=1S/C13H15FN4/c1-3-12-17-11(15)7-13(18-12)16-10-5-4-8(2)6-9(10)14/h4-7H,3H2,1-2H3,(H3,15,16,17,18). The SMILES string of the molecule is CCc1nc(N)cc(Nc2ccc(C)cc2F)n1. The molecule has 3 N–H and O–H groups in total. The van der Waals surface area contributed by atoms with Crippen molar-refractivity contribution in [2.75, 3.05) is 11.1 Å². The van der Waals surface area contributed by atoms with Crippen molar-refractivity contribution in [3.8, 4) is 0 Å². The first kappa shape index (κ1) is 12.3. The molecule has 0 spiro atoms. The molecule has 18 heavy (non-hydrogen) atoms. The van der Waals surface area contributed by atoms with Gasteiger partial charge in [-0.05, 0) is 24.6 Å². The van der Waals surface area contributed by atoms with Crippen LogP contribution in [0.5, 0.6) is 0 Å².